The Morgan fingerprint density at radius 3 is 1.13 bits per heavy atom. The third-order valence-electron chi connectivity index (χ3n) is 18.2. The number of hydrogen-bond donors (Lipinski definition) is 0. The monoisotopic (exact) mass is 1350 g/mol. The van der Waals surface area contributed by atoms with E-state index in [0.717, 1.165) is 177 Å². The van der Waals surface area contributed by atoms with E-state index < -0.39 is 0 Å². The summed E-state index contributed by atoms with van der Waals surface area (Å²) < 4.78 is 33.7. The number of carbonyl (C=O) groups is 6. The van der Waals surface area contributed by atoms with Crippen LogP contribution in [0.4, 0.5) is 0 Å². The first-order valence-corrected chi connectivity index (χ1v) is 40.4. The van der Waals surface area contributed by atoms with Gasteiger partial charge in [0.2, 0.25) is 0 Å². The molecule has 0 aromatic heterocycles. The van der Waals surface area contributed by atoms with Gasteiger partial charge in [0.1, 0.15) is 17.6 Å². The van der Waals surface area contributed by atoms with Crippen molar-refractivity contribution in [2.45, 2.75) is 304 Å². The van der Waals surface area contributed by atoms with E-state index in [4.69, 9.17) is 28.4 Å². The fraction of sp³-hybridized carbons (Fsp3) is 0.769. The van der Waals surface area contributed by atoms with E-state index in [-0.39, 0.29) is 61.2 Å². The van der Waals surface area contributed by atoms with Gasteiger partial charge in [-0.15, -0.1) is 0 Å². The highest BCUT2D eigenvalue weighted by molar-refractivity contribution is 8.76. The summed E-state index contributed by atoms with van der Waals surface area (Å²) in [7, 11) is 3.95. The first-order valence-electron chi connectivity index (χ1n) is 38.0. The number of likely N-dealkylation sites (tertiary alicyclic amines) is 2. The molecule has 0 N–H and O–H groups in total. The van der Waals surface area contributed by atoms with Crippen LogP contribution in [0.1, 0.15) is 296 Å². The summed E-state index contributed by atoms with van der Waals surface area (Å²) in [5.41, 5.74) is 1.65. The average molecular weight is 1350 g/mol. The Hall–Kier alpha value is -4.12. The van der Waals surface area contributed by atoms with Crippen LogP contribution in [0.5, 0.6) is 11.5 Å². The van der Waals surface area contributed by atoms with Gasteiger partial charge in [-0.1, -0.05) is 209 Å². The maximum atomic E-state index is 12.8. The van der Waals surface area contributed by atoms with E-state index in [9.17, 15) is 28.8 Å². The minimum Gasteiger partial charge on any atom is -0.466 e. The van der Waals surface area contributed by atoms with Crippen LogP contribution in [0.25, 0.3) is 0 Å². The zero-order valence-electron chi connectivity index (χ0n) is 59.7. The summed E-state index contributed by atoms with van der Waals surface area (Å²) in [5.74, 6) is 3.05. The third kappa shape index (κ3) is 45.4. The Morgan fingerprint density at radius 1 is 0.394 bits per heavy atom. The molecule has 0 amide bonds. The van der Waals surface area contributed by atoms with Gasteiger partial charge in [0.25, 0.3) is 0 Å². The van der Waals surface area contributed by atoms with Crippen molar-refractivity contribution in [1.82, 2.24) is 9.80 Å². The van der Waals surface area contributed by atoms with Crippen molar-refractivity contribution < 1.29 is 57.2 Å². The standard InChI is InChI=1S/C76H124N2O12S2.C2H6/c1-4-7-10-13-16-22-30-57-85-71(79)33-26-20-17-21-27-34-73(81)89-69-41-37-66(38-42-69)62-75(83)86-58-49-64-45-51-77(52-46-64)55-60-91-92-61-56-78-53-47-65(48-54-78)50-59-87-76(84)63-67-39-43-70(44-40-67)90-74(82)36-29-23-28-35-72(80)88-68(31-24-18-14-11-8-5-2)32-25-19-15-12-9-6-3;1-2/h37-44,64-65,68H,4-36,45-63H2,1-3H3;1-2H3. The fourth-order valence-corrected chi connectivity index (χ4v) is 14.2. The molecule has 14 nitrogen and oxygen atoms in total. The average Bonchev–Trinajstić information content (AvgIpc) is 1.41. The minimum absolute atomic E-state index is 0.0234. The molecule has 2 saturated heterocycles. The Balaban J connectivity index is 0.0000114. The van der Waals surface area contributed by atoms with Crippen molar-refractivity contribution in [3.63, 3.8) is 0 Å². The van der Waals surface area contributed by atoms with Gasteiger partial charge in [0.15, 0.2) is 0 Å². The van der Waals surface area contributed by atoms with Gasteiger partial charge >= 0.3 is 35.8 Å². The molecule has 0 atom stereocenters. The summed E-state index contributed by atoms with van der Waals surface area (Å²) in [6.45, 7) is 18.7. The lowest BCUT2D eigenvalue weighted by atomic mass is 9.94. The van der Waals surface area contributed by atoms with E-state index in [1.165, 1.54) is 96.3 Å². The fourth-order valence-electron chi connectivity index (χ4n) is 12.2. The maximum absolute atomic E-state index is 12.8. The topological polar surface area (TPSA) is 164 Å². The van der Waals surface area contributed by atoms with E-state index >= 15 is 0 Å². The van der Waals surface area contributed by atoms with Gasteiger partial charge < -0.3 is 38.2 Å². The predicted octanol–water partition coefficient (Wildman–Crippen LogP) is 19.4. The lowest BCUT2D eigenvalue weighted by molar-refractivity contribution is -0.150. The first-order chi connectivity index (χ1) is 46.0. The largest absolute Gasteiger partial charge is 0.466 e. The van der Waals surface area contributed by atoms with Gasteiger partial charge in [-0.3, -0.25) is 28.8 Å². The SMILES string of the molecule is CC.CCCCCCCCCOC(=O)CCCCCCCC(=O)Oc1ccc(CC(=O)OCCC2CCN(CCSSCCN3CCC(CCOC(=O)Cc4ccc(OC(=O)CCCCCC(=O)OC(CCCCCCCC)CCCCCCCC)cc4)CC3)CC2)cc1. The van der Waals surface area contributed by atoms with Crippen LogP contribution in [0.2, 0.25) is 0 Å². The summed E-state index contributed by atoms with van der Waals surface area (Å²) in [5, 5.41) is 0. The zero-order chi connectivity index (χ0) is 67.7. The van der Waals surface area contributed by atoms with Crippen molar-refractivity contribution in [2.24, 2.45) is 11.8 Å². The predicted molar refractivity (Wildman–Crippen MR) is 388 cm³/mol. The van der Waals surface area contributed by atoms with Crippen molar-refractivity contribution in [2.75, 3.05) is 70.6 Å². The molecule has 94 heavy (non-hydrogen) atoms. The molecule has 16 heteroatoms. The molecule has 0 unspecified atom stereocenters. The molecule has 2 heterocycles. The van der Waals surface area contributed by atoms with E-state index in [1.807, 2.05) is 59.7 Å². The summed E-state index contributed by atoms with van der Waals surface area (Å²) in [6, 6.07) is 14.2. The van der Waals surface area contributed by atoms with Crippen LogP contribution in [0.3, 0.4) is 0 Å². The highest BCUT2D eigenvalue weighted by atomic mass is 33.1. The molecular formula is C78H130N2O12S2. The van der Waals surface area contributed by atoms with Gasteiger partial charge in [0.05, 0.1) is 32.7 Å². The zero-order valence-corrected chi connectivity index (χ0v) is 61.4. The Kier molecular flexibility index (Phi) is 51.8. The second-order valence-corrected chi connectivity index (χ2v) is 28.9. The molecule has 4 rings (SSSR count). The summed E-state index contributed by atoms with van der Waals surface area (Å²) >= 11 is 0. The van der Waals surface area contributed by atoms with Gasteiger partial charge in [-0.05, 0) is 170 Å². The van der Waals surface area contributed by atoms with Crippen LogP contribution >= 0.6 is 21.6 Å². The molecule has 2 fully saturated rings. The highest BCUT2D eigenvalue weighted by Crippen LogP contribution is 2.27. The molecule has 2 aromatic rings. The van der Waals surface area contributed by atoms with Gasteiger partial charge in [0, 0.05) is 50.3 Å². The van der Waals surface area contributed by atoms with Crippen molar-refractivity contribution in [1.29, 1.82) is 0 Å². The lowest BCUT2D eigenvalue weighted by Crippen LogP contribution is -2.36. The van der Waals surface area contributed by atoms with E-state index in [1.54, 1.807) is 24.3 Å². The van der Waals surface area contributed by atoms with Crippen molar-refractivity contribution in [3.8, 4) is 11.5 Å². The maximum Gasteiger partial charge on any atom is 0.311 e. The number of benzene rings is 2. The van der Waals surface area contributed by atoms with Crippen LogP contribution in [0, 0.1) is 11.8 Å². The molecule has 0 aliphatic carbocycles. The van der Waals surface area contributed by atoms with Gasteiger partial charge in [-0.25, -0.2) is 0 Å². The molecule has 0 spiro atoms. The normalized spacial score (nSPS) is 13.9. The third-order valence-corrected chi connectivity index (χ3v) is 20.5. The smallest absolute Gasteiger partial charge is 0.311 e. The highest BCUT2D eigenvalue weighted by Gasteiger charge is 2.22. The number of rotatable bonds is 56. The van der Waals surface area contributed by atoms with Crippen molar-refractivity contribution >= 4 is 57.4 Å². The number of piperidine rings is 2. The second kappa shape index (κ2) is 57.9. The van der Waals surface area contributed by atoms with Crippen LogP contribution in [0.15, 0.2) is 48.5 Å². The summed E-state index contributed by atoms with van der Waals surface area (Å²) in [6.07, 6.45) is 39.9. The number of ether oxygens (including phenoxy) is 6. The summed E-state index contributed by atoms with van der Waals surface area (Å²) in [4.78, 5) is 80.3. The Bertz CT molecular complexity index is 2200. The number of carbonyl (C=O) groups excluding carboxylic acids is 6. The molecule has 2 aromatic carbocycles. The van der Waals surface area contributed by atoms with E-state index in [0.29, 0.717) is 75.3 Å². The first kappa shape index (κ1) is 84.1. The second-order valence-electron chi connectivity index (χ2n) is 26.2. The lowest BCUT2D eigenvalue weighted by Gasteiger charge is -2.32. The van der Waals surface area contributed by atoms with Gasteiger partial charge in [-0.2, -0.15) is 0 Å². The van der Waals surface area contributed by atoms with E-state index in [2.05, 4.69) is 30.6 Å². The Morgan fingerprint density at radius 2 is 0.723 bits per heavy atom. The number of unbranched alkanes of at least 4 members (excludes halogenated alkanes) is 22. The molecule has 0 saturated carbocycles. The van der Waals surface area contributed by atoms with Crippen LogP contribution in [-0.2, 0) is 60.6 Å². The minimum atomic E-state index is -0.299. The molecule has 0 bridgehead atoms. The number of esters is 6. The molecule has 2 aliphatic rings. The Labute approximate surface area is 578 Å². The quantitative estimate of drug-likeness (QED) is 0.0202. The molecular weight excluding hydrogens is 1220 g/mol. The number of nitrogens with zero attached hydrogens (tertiary/aromatic N) is 2. The molecule has 0 radical (unpaired) electrons. The number of hydrogen-bond acceptors (Lipinski definition) is 16. The van der Waals surface area contributed by atoms with Crippen LogP contribution in [-0.4, -0.2) is 122 Å². The molecule has 536 valence electrons. The molecule has 2 aliphatic heterocycles. The van der Waals surface area contributed by atoms with Crippen molar-refractivity contribution in [3.05, 3.63) is 59.7 Å². The van der Waals surface area contributed by atoms with Crippen LogP contribution < -0.4 is 9.47 Å².